The van der Waals surface area contributed by atoms with E-state index in [0.717, 1.165) is 40.0 Å². The standard InChI is InChI=1S/C26H26ClN5S/c1-18(19-9-4-2-5-10-19)29-25-28-14-13-22(30-25)24-23(20-11-8-12-21(27)17-20)31-26(33-24)32-15-6-3-7-16-32/h2,4-5,8-14,17-18H,3,6-7,15-16H2,1H3,(H,28,29,30)/t18-/m0/s1. The van der Waals surface area contributed by atoms with E-state index >= 15 is 0 Å². The summed E-state index contributed by atoms with van der Waals surface area (Å²) in [5, 5.41) is 5.19. The van der Waals surface area contributed by atoms with Crippen LogP contribution in [-0.4, -0.2) is 28.0 Å². The first kappa shape index (κ1) is 21.9. The molecule has 1 fully saturated rings. The highest BCUT2D eigenvalue weighted by Crippen LogP contribution is 2.41. The Kier molecular flexibility index (Phi) is 6.55. The molecule has 0 aliphatic carbocycles. The molecule has 1 N–H and O–H groups in total. The summed E-state index contributed by atoms with van der Waals surface area (Å²) >= 11 is 8.02. The number of benzene rings is 2. The zero-order valence-corrected chi connectivity index (χ0v) is 20.1. The first-order valence-electron chi connectivity index (χ1n) is 11.3. The van der Waals surface area contributed by atoms with Crippen LogP contribution in [0.1, 0.15) is 37.8 Å². The number of nitrogens with one attached hydrogen (secondary N) is 1. The van der Waals surface area contributed by atoms with Gasteiger partial charge in [0.15, 0.2) is 5.13 Å². The van der Waals surface area contributed by atoms with E-state index in [1.165, 1.54) is 24.8 Å². The fourth-order valence-electron chi connectivity index (χ4n) is 4.11. The largest absolute Gasteiger partial charge is 0.348 e. The van der Waals surface area contributed by atoms with E-state index in [-0.39, 0.29) is 6.04 Å². The second-order valence-corrected chi connectivity index (χ2v) is 9.69. The number of anilines is 2. The average Bonchev–Trinajstić information content (AvgIpc) is 3.31. The Labute approximate surface area is 203 Å². The third kappa shape index (κ3) is 5.02. The average molecular weight is 476 g/mol. The third-order valence-corrected chi connectivity index (χ3v) is 7.25. The SMILES string of the molecule is C[C@H](Nc1nccc(-c2sc(N3CCCCC3)nc2-c2cccc(Cl)c2)n1)c1ccccc1. The molecule has 0 radical (unpaired) electrons. The van der Waals surface area contributed by atoms with Crippen molar-refractivity contribution in [2.24, 2.45) is 0 Å². The summed E-state index contributed by atoms with van der Waals surface area (Å²) in [4.78, 5) is 17.8. The van der Waals surface area contributed by atoms with Gasteiger partial charge in [-0.25, -0.2) is 15.0 Å². The first-order chi connectivity index (χ1) is 16.2. The number of nitrogens with zero attached hydrogens (tertiary/aromatic N) is 4. The van der Waals surface area contributed by atoms with Crippen LogP contribution in [-0.2, 0) is 0 Å². The monoisotopic (exact) mass is 475 g/mol. The zero-order valence-electron chi connectivity index (χ0n) is 18.5. The van der Waals surface area contributed by atoms with Crippen molar-refractivity contribution in [2.75, 3.05) is 23.3 Å². The first-order valence-corrected chi connectivity index (χ1v) is 12.5. The number of thiazole rings is 1. The van der Waals surface area contributed by atoms with Crippen molar-refractivity contribution >= 4 is 34.0 Å². The molecule has 0 amide bonds. The molecule has 5 nitrogen and oxygen atoms in total. The Bertz CT molecular complexity index is 1220. The molecule has 3 heterocycles. The highest BCUT2D eigenvalue weighted by atomic mass is 35.5. The number of hydrogen-bond acceptors (Lipinski definition) is 6. The van der Waals surface area contributed by atoms with Crippen molar-refractivity contribution in [3.05, 3.63) is 77.4 Å². The summed E-state index contributed by atoms with van der Waals surface area (Å²) in [6, 6.07) is 20.3. The van der Waals surface area contributed by atoms with Crippen LogP contribution in [0.5, 0.6) is 0 Å². The lowest BCUT2D eigenvalue weighted by Gasteiger charge is -2.25. The molecule has 1 aliphatic rings. The van der Waals surface area contributed by atoms with Gasteiger partial charge in [-0.2, -0.15) is 0 Å². The van der Waals surface area contributed by atoms with Gasteiger partial charge in [0.2, 0.25) is 5.95 Å². The predicted octanol–water partition coefficient (Wildman–Crippen LogP) is 7.08. The number of aromatic nitrogens is 3. The van der Waals surface area contributed by atoms with Crippen molar-refractivity contribution in [3.8, 4) is 21.8 Å². The summed E-state index contributed by atoms with van der Waals surface area (Å²) < 4.78 is 0. The molecule has 1 aliphatic heterocycles. The topological polar surface area (TPSA) is 53.9 Å². The summed E-state index contributed by atoms with van der Waals surface area (Å²) in [7, 11) is 0. The predicted molar refractivity (Wildman–Crippen MR) is 138 cm³/mol. The highest BCUT2D eigenvalue weighted by molar-refractivity contribution is 7.19. The van der Waals surface area contributed by atoms with Crippen LogP contribution in [0.3, 0.4) is 0 Å². The number of rotatable bonds is 6. The van der Waals surface area contributed by atoms with Crippen LogP contribution in [0.15, 0.2) is 66.9 Å². The van der Waals surface area contributed by atoms with E-state index in [1.807, 2.05) is 48.7 Å². The number of piperidine rings is 1. The van der Waals surface area contributed by atoms with Gasteiger partial charge < -0.3 is 10.2 Å². The lowest BCUT2D eigenvalue weighted by atomic mass is 10.1. The van der Waals surface area contributed by atoms with Crippen LogP contribution in [0, 0.1) is 0 Å². The van der Waals surface area contributed by atoms with Gasteiger partial charge in [0.25, 0.3) is 0 Å². The minimum atomic E-state index is 0.0965. The van der Waals surface area contributed by atoms with E-state index < -0.39 is 0 Å². The van der Waals surface area contributed by atoms with Crippen molar-refractivity contribution in [3.63, 3.8) is 0 Å². The van der Waals surface area contributed by atoms with Crippen molar-refractivity contribution in [1.29, 1.82) is 0 Å². The maximum Gasteiger partial charge on any atom is 0.223 e. The third-order valence-electron chi connectivity index (χ3n) is 5.87. The van der Waals surface area contributed by atoms with Gasteiger partial charge in [0, 0.05) is 29.9 Å². The second kappa shape index (κ2) is 9.89. The quantitative estimate of drug-likeness (QED) is 0.322. The molecular formula is C26H26ClN5S. The maximum absolute atomic E-state index is 6.32. The smallest absolute Gasteiger partial charge is 0.223 e. The normalized spacial score (nSPS) is 14.8. The van der Waals surface area contributed by atoms with Gasteiger partial charge in [0.1, 0.15) is 0 Å². The minimum Gasteiger partial charge on any atom is -0.348 e. The van der Waals surface area contributed by atoms with E-state index in [4.69, 9.17) is 21.6 Å². The molecule has 4 aromatic rings. The van der Waals surface area contributed by atoms with Gasteiger partial charge in [-0.15, -0.1) is 0 Å². The Hall–Kier alpha value is -2.96. The minimum absolute atomic E-state index is 0.0965. The highest BCUT2D eigenvalue weighted by Gasteiger charge is 2.21. The van der Waals surface area contributed by atoms with E-state index in [0.29, 0.717) is 11.0 Å². The van der Waals surface area contributed by atoms with Gasteiger partial charge in [-0.1, -0.05) is 65.4 Å². The summed E-state index contributed by atoms with van der Waals surface area (Å²) in [5.74, 6) is 0.605. The number of hydrogen-bond donors (Lipinski definition) is 1. The van der Waals surface area contributed by atoms with E-state index in [2.05, 4.69) is 40.3 Å². The van der Waals surface area contributed by atoms with Crippen LogP contribution in [0.25, 0.3) is 21.8 Å². The van der Waals surface area contributed by atoms with Crippen LogP contribution in [0.2, 0.25) is 5.02 Å². The van der Waals surface area contributed by atoms with Gasteiger partial charge >= 0.3 is 0 Å². The van der Waals surface area contributed by atoms with Crippen molar-refractivity contribution in [1.82, 2.24) is 15.0 Å². The molecule has 0 bridgehead atoms. The molecular weight excluding hydrogens is 450 g/mol. The molecule has 0 unspecified atom stereocenters. The molecule has 5 rings (SSSR count). The molecule has 0 saturated carbocycles. The summed E-state index contributed by atoms with van der Waals surface area (Å²) in [5.41, 5.74) is 3.98. The zero-order chi connectivity index (χ0) is 22.6. The van der Waals surface area contributed by atoms with E-state index in [1.54, 1.807) is 11.3 Å². The molecule has 168 valence electrons. The van der Waals surface area contributed by atoms with Gasteiger partial charge in [0.05, 0.1) is 22.3 Å². The fourth-order valence-corrected chi connectivity index (χ4v) is 5.41. The van der Waals surface area contributed by atoms with Crippen molar-refractivity contribution in [2.45, 2.75) is 32.2 Å². The van der Waals surface area contributed by atoms with Crippen molar-refractivity contribution < 1.29 is 0 Å². The Morgan fingerprint density at radius 1 is 0.970 bits per heavy atom. The lowest BCUT2D eigenvalue weighted by molar-refractivity contribution is 0.577. The van der Waals surface area contributed by atoms with Gasteiger partial charge in [-0.05, 0) is 49.9 Å². The molecule has 2 aromatic carbocycles. The summed E-state index contributed by atoms with van der Waals surface area (Å²) in [6.07, 6.45) is 5.52. The Balaban J connectivity index is 1.51. The Morgan fingerprint density at radius 3 is 2.58 bits per heavy atom. The molecule has 2 aromatic heterocycles. The molecule has 1 saturated heterocycles. The van der Waals surface area contributed by atoms with Crippen LogP contribution >= 0.6 is 22.9 Å². The van der Waals surface area contributed by atoms with Gasteiger partial charge in [-0.3, -0.25) is 0 Å². The van der Waals surface area contributed by atoms with Crippen LogP contribution < -0.4 is 10.2 Å². The molecule has 33 heavy (non-hydrogen) atoms. The Morgan fingerprint density at radius 2 is 1.79 bits per heavy atom. The summed E-state index contributed by atoms with van der Waals surface area (Å²) in [6.45, 7) is 4.21. The molecule has 1 atom stereocenters. The second-order valence-electron chi connectivity index (χ2n) is 8.27. The fraction of sp³-hybridized carbons (Fsp3) is 0.269. The number of halogens is 1. The molecule has 7 heteroatoms. The lowest BCUT2D eigenvalue weighted by Crippen LogP contribution is -2.29. The van der Waals surface area contributed by atoms with E-state index in [9.17, 15) is 0 Å². The maximum atomic E-state index is 6.32. The van der Waals surface area contributed by atoms with Crippen LogP contribution in [0.4, 0.5) is 11.1 Å². The molecule has 0 spiro atoms.